The van der Waals surface area contributed by atoms with E-state index in [0.29, 0.717) is 38.0 Å². The molecule has 0 aliphatic rings. The summed E-state index contributed by atoms with van der Waals surface area (Å²) < 4.78 is 15.3. The summed E-state index contributed by atoms with van der Waals surface area (Å²) in [4.78, 5) is 4.24. The van der Waals surface area contributed by atoms with E-state index in [-0.39, 0.29) is 12.0 Å². The molecule has 2 N–H and O–H groups in total. The number of nitrogens with two attached hydrogens (primary N) is 1. The first-order valence-corrected chi connectivity index (χ1v) is 5.80. The predicted octanol–water partition coefficient (Wildman–Crippen LogP) is 0.931. The molecular formula is C11H21N3O3. The summed E-state index contributed by atoms with van der Waals surface area (Å²) in [5, 5.41) is 3.86. The Kier molecular flexibility index (Phi) is 6.10. The quantitative estimate of drug-likeness (QED) is 0.684. The smallest absolute Gasteiger partial charge is 0.243 e. The van der Waals surface area contributed by atoms with E-state index in [0.717, 1.165) is 0 Å². The van der Waals surface area contributed by atoms with Gasteiger partial charge in [0.15, 0.2) is 5.82 Å². The van der Waals surface area contributed by atoms with Crippen molar-refractivity contribution < 1.29 is 14.0 Å². The Labute approximate surface area is 101 Å². The van der Waals surface area contributed by atoms with Gasteiger partial charge in [-0.1, -0.05) is 19.0 Å². The van der Waals surface area contributed by atoms with Gasteiger partial charge in [-0.3, -0.25) is 0 Å². The zero-order valence-corrected chi connectivity index (χ0v) is 10.7. The molecule has 0 fully saturated rings. The molecule has 17 heavy (non-hydrogen) atoms. The molecule has 1 aromatic heterocycles. The van der Waals surface area contributed by atoms with Crippen molar-refractivity contribution in [2.24, 2.45) is 11.7 Å². The number of hydrogen-bond donors (Lipinski definition) is 1. The molecule has 1 rings (SSSR count). The summed E-state index contributed by atoms with van der Waals surface area (Å²) in [6, 6.07) is -0.203. The molecule has 0 spiro atoms. The second-order valence-electron chi connectivity index (χ2n) is 4.17. The largest absolute Gasteiger partial charge is 0.382 e. The molecule has 0 saturated carbocycles. The van der Waals surface area contributed by atoms with Gasteiger partial charge in [0.2, 0.25) is 5.89 Å². The minimum absolute atomic E-state index is 0.203. The van der Waals surface area contributed by atoms with E-state index in [4.69, 9.17) is 19.7 Å². The molecule has 1 unspecified atom stereocenters. The Morgan fingerprint density at radius 3 is 2.71 bits per heavy atom. The van der Waals surface area contributed by atoms with Crippen molar-refractivity contribution in [2.75, 3.05) is 26.9 Å². The monoisotopic (exact) mass is 243 g/mol. The fourth-order valence-electron chi connectivity index (χ4n) is 1.20. The number of methoxy groups -OCH3 is 1. The van der Waals surface area contributed by atoms with Crippen molar-refractivity contribution in [1.82, 2.24) is 10.1 Å². The maximum Gasteiger partial charge on any atom is 0.243 e. The van der Waals surface area contributed by atoms with E-state index in [2.05, 4.69) is 10.1 Å². The Morgan fingerprint density at radius 1 is 1.29 bits per heavy atom. The molecular weight excluding hydrogens is 222 g/mol. The summed E-state index contributed by atoms with van der Waals surface area (Å²) >= 11 is 0. The SMILES string of the molecule is COCCOCCc1noc(C(N)C(C)C)n1. The first kappa shape index (κ1) is 14.1. The van der Waals surface area contributed by atoms with Crippen LogP contribution in [0.1, 0.15) is 31.6 Å². The molecule has 6 heteroatoms. The van der Waals surface area contributed by atoms with Gasteiger partial charge in [0.1, 0.15) is 0 Å². The third-order valence-electron chi connectivity index (χ3n) is 2.39. The maximum atomic E-state index is 5.90. The van der Waals surface area contributed by atoms with Crippen LogP contribution in [0, 0.1) is 5.92 Å². The number of hydrogen-bond acceptors (Lipinski definition) is 6. The van der Waals surface area contributed by atoms with Crippen LogP contribution in [0.4, 0.5) is 0 Å². The number of nitrogens with zero attached hydrogens (tertiary/aromatic N) is 2. The summed E-state index contributed by atoms with van der Waals surface area (Å²) in [7, 11) is 1.64. The highest BCUT2D eigenvalue weighted by Gasteiger charge is 2.17. The molecule has 1 atom stereocenters. The van der Waals surface area contributed by atoms with Crippen LogP contribution in [-0.4, -0.2) is 37.1 Å². The molecule has 1 aromatic rings. The van der Waals surface area contributed by atoms with Gasteiger partial charge < -0.3 is 19.7 Å². The summed E-state index contributed by atoms with van der Waals surface area (Å²) in [6.07, 6.45) is 0.623. The first-order valence-electron chi connectivity index (χ1n) is 5.80. The van der Waals surface area contributed by atoms with E-state index in [9.17, 15) is 0 Å². The minimum Gasteiger partial charge on any atom is -0.382 e. The molecule has 0 aliphatic carbocycles. The second-order valence-corrected chi connectivity index (χ2v) is 4.17. The van der Waals surface area contributed by atoms with Gasteiger partial charge in [-0.2, -0.15) is 4.98 Å². The molecule has 0 amide bonds. The van der Waals surface area contributed by atoms with E-state index in [1.807, 2.05) is 13.8 Å². The van der Waals surface area contributed by atoms with E-state index in [1.165, 1.54) is 0 Å². The lowest BCUT2D eigenvalue weighted by molar-refractivity contribution is 0.0714. The third-order valence-corrected chi connectivity index (χ3v) is 2.39. The average molecular weight is 243 g/mol. The van der Waals surface area contributed by atoms with Gasteiger partial charge >= 0.3 is 0 Å². The molecule has 0 saturated heterocycles. The molecule has 6 nitrogen and oxygen atoms in total. The van der Waals surface area contributed by atoms with Crippen LogP contribution in [0.15, 0.2) is 4.52 Å². The van der Waals surface area contributed by atoms with Gasteiger partial charge in [-0.05, 0) is 5.92 Å². The lowest BCUT2D eigenvalue weighted by atomic mass is 10.1. The molecule has 0 bridgehead atoms. The predicted molar refractivity (Wildman–Crippen MR) is 62.5 cm³/mol. The zero-order valence-electron chi connectivity index (χ0n) is 10.7. The number of aromatic nitrogens is 2. The molecule has 0 radical (unpaired) electrons. The normalized spacial score (nSPS) is 13.2. The molecule has 1 heterocycles. The van der Waals surface area contributed by atoms with Crippen LogP contribution >= 0.6 is 0 Å². The van der Waals surface area contributed by atoms with Gasteiger partial charge in [0.05, 0.1) is 25.9 Å². The summed E-state index contributed by atoms with van der Waals surface area (Å²) in [6.45, 7) is 5.76. The lowest BCUT2D eigenvalue weighted by Gasteiger charge is -2.09. The van der Waals surface area contributed by atoms with Crippen LogP contribution < -0.4 is 5.73 Å². The van der Waals surface area contributed by atoms with Crippen LogP contribution in [-0.2, 0) is 15.9 Å². The van der Waals surface area contributed by atoms with Gasteiger partial charge in [-0.25, -0.2) is 0 Å². The number of ether oxygens (including phenoxy) is 2. The Bertz CT molecular complexity index is 315. The van der Waals surface area contributed by atoms with Crippen LogP contribution in [0.5, 0.6) is 0 Å². The average Bonchev–Trinajstić information content (AvgIpc) is 2.76. The lowest BCUT2D eigenvalue weighted by Crippen LogP contribution is -2.17. The molecule has 98 valence electrons. The Morgan fingerprint density at radius 2 is 2.06 bits per heavy atom. The summed E-state index contributed by atoms with van der Waals surface area (Å²) in [5.41, 5.74) is 5.90. The van der Waals surface area contributed by atoms with Crippen molar-refractivity contribution in [2.45, 2.75) is 26.3 Å². The van der Waals surface area contributed by atoms with Crippen molar-refractivity contribution in [1.29, 1.82) is 0 Å². The highest BCUT2D eigenvalue weighted by Crippen LogP contribution is 2.16. The zero-order chi connectivity index (χ0) is 12.7. The van der Waals surface area contributed by atoms with Crippen LogP contribution in [0.25, 0.3) is 0 Å². The van der Waals surface area contributed by atoms with Crippen LogP contribution in [0.2, 0.25) is 0 Å². The topological polar surface area (TPSA) is 83.4 Å². The van der Waals surface area contributed by atoms with E-state index >= 15 is 0 Å². The highest BCUT2D eigenvalue weighted by atomic mass is 16.5. The van der Waals surface area contributed by atoms with Crippen molar-refractivity contribution in [3.63, 3.8) is 0 Å². The standard InChI is InChI=1S/C11H21N3O3/c1-8(2)10(12)11-13-9(14-17-11)4-5-16-7-6-15-3/h8,10H,4-7,12H2,1-3H3. The fourth-order valence-corrected chi connectivity index (χ4v) is 1.20. The van der Waals surface area contributed by atoms with Crippen molar-refractivity contribution in [3.8, 4) is 0 Å². The molecule has 0 aromatic carbocycles. The maximum absolute atomic E-state index is 5.90. The van der Waals surface area contributed by atoms with Crippen molar-refractivity contribution >= 4 is 0 Å². The van der Waals surface area contributed by atoms with Gasteiger partial charge in [0, 0.05) is 13.5 Å². The Hall–Kier alpha value is -0.980. The summed E-state index contributed by atoms with van der Waals surface area (Å²) in [5.74, 6) is 1.40. The number of rotatable bonds is 8. The van der Waals surface area contributed by atoms with Crippen LogP contribution in [0.3, 0.4) is 0 Å². The van der Waals surface area contributed by atoms with Crippen molar-refractivity contribution in [3.05, 3.63) is 11.7 Å². The Balaban J connectivity index is 2.31. The van der Waals surface area contributed by atoms with Gasteiger partial charge in [0.25, 0.3) is 0 Å². The minimum atomic E-state index is -0.203. The third kappa shape index (κ3) is 4.80. The highest BCUT2D eigenvalue weighted by molar-refractivity contribution is 4.93. The van der Waals surface area contributed by atoms with E-state index < -0.39 is 0 Å². The molecule has 0 aliphatic heterocycles. The fraction of sp³-hybridized carbons (Fsp3) is 0.818. The van der Waals surface area contributed by atoms with Gasteiger partial charge in [-0.15, -0.1) is 0 Å². The first-order chi connectivity index (χ1) is 8.15. The van der Waals surface area contributed by atoms with E-state index in [1.54, 1.807) is 7.11 Å². The second kappa shape index (κ2) is 7.37.